The van der Waals surface area contributed by atoms with Crippen molar-refractivity contribution in [1.82, 2.24) is 9.97 Å². The molecule has 1 aromatic heterocycles. The van der Waals surface area contributed by atoms with Crippen LogP contribution in [0, 0.1) is 20.8 Å². The summed E-state index contributed by atoms with van der Waals surface area (Å²) in [6, 6.07) is 6.40. The zero-order valence-corrected chi connectivity index (χ0v) is 20.2. The molecule has 2 nitrogen and oxygen atoms in total. The second-order valence-electron chi connectivity index (χ2n) is 6.75. The van der Waals surface area contributed by atoms with Crippen LogP contribution in [-0.2, 0) is 0 Å². The smallest absolute Gasteiger partial charge is 0.125 e. The molecule has 0 saturated heterocycles. The van der Waals surface area contributed by atoms with Gasteiger partial charge in [-0.3, -0.25) is 0 Å². The van der Waals surface area contributed by atoms with E-state index in [0.717, 1.165) is 28.2 Å². The van der Waals surface area contributed by atoms with Crippen LogP contribution in [0.1, 0.15) is 96.8 Å². The largest absolute Gasteiger partial charge is 0.241 e. The fourth-order valence-corrected chi connectivity index (χ4v) is 2.09. The molecule has 0 atom stereocenters. The minimum absolute atomic E-state index is 0.806. The van der Waals surface area contributed by atoms with Gasteiger partial charge in [0.15, 0.2) is 0 Å². The van der Waals surface area contributed by atoms with Gasteiger partial charge in [0.25, 0.3) is 0 Å². The molecule has 0 fully saturated rings. The highest BCUT2D eigenvalue weighted by molar-refractivity contribution is 5.80. The topological polar surface area (TPSA) is 25.8 Å². The van der Waals surface area contributed by atoms with E-state index in [1.165, 1.54) is 36.8 Å². The summed E-state index contributed by atoms with van der Waals surface area (Å²) in [4.78, 5) is 8.73. The minimum Gasteiger partial charge on any atom is -0.241 e. The van der Waals surface area contributed by atoms with Gasteiger partial charge in [0.2, 0.25) is 0 Å². The Hall–Kier alpha value is -1.96. The number of nitrogens with zero attached hydrogens (tertiary/aromatic N) is 2. The van der Waals surface area contributed by atoms with E-state index in [1.807, 2.05) is 40.8 Å². The van der Waals surface area contributed by atoms with Crippen LogP contribution in [0.25, 0.3) is 16.7 Å². The summed E-state index contributed by atoms with van der Waals surface area (Å²) in [7, 11) is 0. The van der Waals surface area contributed by atoms with Gasteiger partial charge >= 0.3 is 0 Å². The lowest BCUT2D eigenvalue weighted by molar-refractivity contribution is 0.886. The second-order valence-corrected chi connectivity index (χ2v) is 6.75. The maximum atomic E-state index is 4.43. The number of hydrogen-bond acceptors (Lipinski definition) is 2. The van der Waals surface area contributed by atoms with E-state index in [0.29, 0.717) is 0 Å². The third kappa shape index (κ3) is 11.0. The maximum absolute atomic E-state index is 4.43. The molecule has 1 aromatic carbocycles. The summed E-state index contributed by atoms with van der Waals surface area (Å²) >= 11 is 0. The third-order valence-corrected chi connectivity index (χ3v) is 4.02. The number of allylic oxidation sites excluding steroid dienone is 1. The Balaban J connectivity index is 0. The molecule has 2 heteroatoms. The van der Waals surface area contributed by atoms with Crippen molar-refractivity contribution in [3.63, 3.8) is 0 Å². The first-order valence-electron chi connectivity index (χ1n) is 10.9. The Labute approximate surface area is 175 Å². The molecule has 0 amide bonds. The summed E-state index contributed by atoms with van der Waals surface area (Å²) in [6.45, 7) is 24.8. The number of hydrogen-bond donors (Lipinski definition) is 0. The summed E-state index contributed by atoms with van der Waals surface area (Å²) in [5.74, 6) is 0.806. The van der Waals surface area contributed by atoms with E-state index in [1.54, 1.807) is 0 Å². The molecule has 158 valence electrons. The molecular formula is C26H44N2. The predicted octanol–water partition coefficient (Wildman–Crippen LogP) is 8.74. The van der Waals surface area contributed by atoms with Crippen LogP contribution in [0.4, 0.5) is 0 Å². The van der Waals surface area contributed by atoms with Crippen LogP contribution in [0.3, 0.4) is 0 Å². The van der Waals surface area contributed by atoms with Crippen molar-refractivity contribution >= 4 is 5.57 Å². The van der Waals surface area contributed by atoms with Crippen LogP contribution in [0.15, 0.2) is 31.0 Å². The van der Waals surface area contributed by atoms with E-state index in [-0.39, 0.29) is 0 Å². The first-order valence-corrected chi connectivity index (χ1v) is 10.9. The number of unbranched alkanes of at least 4 members (excludes halogenated alkanes) is 2. The highest BCUT2D eigenvalue weighted by Gasteiger charge is 2.10. The van der Waals surface area contributed by atoms with Crippen molar-refractivity contribution in [3.05, 3.63) is 53.6 Å². The standard InChI is InChI=1S/C16H18N2.2C4H10.C2H6/c1-10(2)15-8-11(3)6-7-14(15)16-9-17-13(5)18-12(16)4;2*1-3-4-2;1-2/h6-9H,1H2,2-5H3;2*3-4H2,1-2H3;1-2H3. The Kier molecular flexibility index (Phi) is 17.3. The monoisotopic (exact) mass is 384 g/mol. The Morgan fingerprint density at radius 2 is 1.36 bits per heavy atom. The predicted molar refractivity (Wildman–Crippen MR) is 129 cm³/mol. The molecule has 0 aliphatic rings. The van der Waals surface area contributed by atoms with Gasteiger partial charge < -0.3 is 0 Å². The normalized spacial score (nSPS) is 9.07. The van der Waals surface area contributed by atoms with Gasteiger partial charge in [0.1, 0.15) is 5.82 Å². The summed E-state index contributed by atoms with van der Waals surface area (Å²) in [6.07, 6.45) is 7.18. The highest BCUT2D eigenvalue weighted by Crippen LogP contribution is 2.30. The van der Waals surface area contributed by atoms with Crippen LogP contribution < -0.4 is 0 Å². The minimum atomic E-state index is 0.806. The van der Waals surface area contributed by atoms with E-state index >= 15 is 0 Å². The van der Waals surface area contributed by atoms with Crippen molar-refractivity contribution in [2.45, 2.75) is 94.9 Å². The molecule has 0 unspecified atom stereocenters. The highest BCUT2D eigenvalue weighted by atomic mass is 14.9. The van der Waals surface area contributed by atoms with Crippen LogP contribution in [0.2, 0.25) is 0 Å². The van der Waals surface area contributed by atoms with E-state index in [4.69, 9.17) is 0 Å². The average Bonchev–Trinajstić information content (AvgIpc) is 2.70. The molecule has 0 spiro atoms. The molecule has 0 N–H and O–H groups in total. The molecule has 2 rings (SSSR count). The lowest BCUT2D eigenvalue weighted by Crippen LogP contribution is -1.96. The van der Waals surface area contributed by atoms with Gasteiger partial charge in [-0.2, -0.15) is 0 Å². The molecule has 28 heavy (non-hydrogen) atoms. The van der Waals surface area contributed by atoms with Gasteiger partial charge in [0.05, 0.1) is 0 Å². The van der Waals surface area contributed by atoms with E-state index in [2.05, 4.69) is 69.4 Å². The molecule has 0 radical (unpaired) electrons. The molecule has 2 aromatic rings. The summed E-state index contributed by atoms with van der Waals surface area (Å²) < 4.78 is 0. The quantitative estimate of drug-likeness (QED) is 0.526. The van der Waals surface area contributed by atoms with Crippen molar-refractivity contribution in [2.75, 3.05) is 0 Å². The van der Waals surface area contributed by atoms with Gasteiger partial charge in [-0.25, -0.2) is 9.97 Å². The van der Waals surface area contributed by atoms with Gasteiger partial charge in [-0.05, 0) is 38.8 Å². The van der Waals surface area contributed by atoms with E-state index in [9.17, 15) is 0 Å². The molecule has 1 heterocycles. The summed E-state index contributed by atoms with van der Waals surface area (Å²) in [5.41, 5.74) is 6.72. The SMILES string of the molecule is C=C(C)c1cc(C)ccc1-c1cnc(C)nc1C.CC.CCCC.CCCC. The fourth-order valence-electron chi connectivity index (χ4n) is 2.09. The summed E-state index contributed by atoms with van der Waals surface area (Å²) in [5, 5.41) is 0. The van der Waals surface area contributed by atoms with Crippen molar-refractivity contribution in [2.24, 2.45) is 0 Å². The van der Waals surface area contributed by atoms with E-state index < -0.39 is 0 Å². The van der Waals surface area contributed by atoms with Crippen LogP contribution >= 0.6 is 0 Å². The Morgan fingerprint density at radius 3 is 1.75 bits per heavy atom. The van der Waals surface area contributed by atoms with Crippen LogP contribution in [0.5, 0.6) is 0 Å². The zero-order valence-electron chi connectivity index (χ0n) is 20.2. The first kappa shape index (κ1) is 28.3. The number of aryl methyl sites for hydroxylation is 3. The first-order chi connectivity index (χ1) is 13.3. The van der Waals surface area contributed by atoms with Crippen LogP contribution in [-0.4, -0.2) is 9.97 Å². The van der Waals surface area contributed by atoms with Crippen molar-refractivity contribution < 1.29 is 0 Å². The third-order valence-electron chi connectivity index (χ3n) is 4.02. The molecule has 0 aliphatic carbocycles. The lowest BCUT2D eigenvalue weighted by atomic mass is 9.94. The molecular weight excluding hydrogens is 340 g/mol. The zero-order chi connectivity index (χ0) is 22.1. The van der Waals surface area contributed by atoms with Gasteiger partial charge in [0, 0.05) is 17.5 Å². The Bertz CT molecular complexity index is 664. The fraction of sp³-hybridized carbons (Fsp3) is 0.538. The lowest BCUT2D eigenvalue weighted by Gasteiger charge is -2.12. The number of benzene rings is 1. The van der Waals surface area contributed by atoms with Gasteiger partial charge in [-0.1, -0.05) is 103 Å². The van der Waals surface area contributed by atoms with Crippen molar-refractivity contribution in [3.8, 4) is 11.1 Å². The van der Waals surface area contributed by atoms with Gasteiger partial charge in [-0.15, -0.1) is 0 Å². The Morgan fingerprint density at radius 1 is 0.857 bits per heavy atom. The molecule has 0 bridgehead atoms. The second kappa shape index (κ2) is 17.2. The molecule has 0 aliphatic heterocycles. The molecule has 0 saturated carbocycles. The maximum Gasteiger partial charge on any atom is 0.125 e. The number of rotatable bonds is 4. The van der Waals surface area contributed by atoms with Crippen molar-refractivity contribution in [1.29, 1.82) is 0 Å². The number of aromatic nitrogens is 2. The average molecular weight is 385 g/mol.